The average molecular weight is 263 g/mol. The van der Waals surface area contributed by atoms with Gasteiger partial charge in [-0.05, 0) is 12.1 Å². The zero-order valence-corrected chi connectivity index (χ0v) is 10.7. The average Bonchev–Trinajstić information content (AvgIpc) is 2.77. The summed E-state index contributed by atoms with van der Waals surface area (Å²) in [5.74, 6) is -0.289. The normalized spacial score (nSPS) is 14.5. The Balaban J connectivity index is 2.20. The third-order valence-electron chi connectivity index (χ3n) is 3.42. The van der Waals surface area contributed by atoms with Crippen LogP contribution in [0.1, 0.15) is 24.1 Å². The smallest absolute Gasteiger partial charge is 0.150 e. The first kappa shape index (κ1) is 12.3. The van der Waals surface area contributed by atoms with Crippen LogP contribution in [0.3, 0.4) is 0 Å². The molecule has 0 atom stereocenters. The molecule has 1 aliphatic heterocycles. The Kier molecular flexibility index (Phi) is 3.06. The molecule has 2 aromatic rings. The Morgan fingerprint density at radius 2 is 2.21 bits per heavy atom. The van der Waals surface area contributed by atoms with Gasteiger partial charge in [-0.25, -0.2) is 13.8 Å². The molecule has 19 heavy (non-hydrogen) atoms. The van der Waals surface area contributed by atoms with Crippen molar-refractivity contribution in [1.82, 2.24) is 14.9 Å². The van der Waals surface area contributed by atoms with Gasteiger partial charge < -0.3 is 5.32 Å². The summed E-state index contributed by atoms with van der Waals surface area (Å²) in [4.78, 5) is 4.55. The van der Waals surface area contributed by atoms with Crippen molar-refractivity contribution in [2.75, 3.05) is 6.54 Å². The van der Waals surface area contributed by atoms with Crippen LogP contribution in [-0.4, -0.2) is 16.1 Å². The first-order chi connectivity index (χ1) is 9.20. The highest BCUT2D eigenvalue weighted by Gasteiger charge is 2.21. The summed E-state index contributed by atoms with van der Waals surface area (Å²) >= 11 is 0. The summed E-state index contributed by atoms with van der Waals surface area (Å²) in [5, 5.41) is 3.25. The van der Waals surface area contributed by atoms with Crippen LogP contribution in [0, 0.1) is 11.6 Å². The molecule has 1 aliphatic rings. The minimum absolute atomic E-state index is 0.383. The monoisotopic (exact) mass is 263 g/mol. The number of aromatic nitrogens is 2. The van der Waals surface area contributed by atoms with E-state index < -0.39 is 11.6 Å². The van der Waals surface area contributed by atoms with Crippen LogP contribution in [0.25, 0.3) is 5.69 Å². The van der Waals surface area contributed by atoms with Crippen molar-refractivity contribution in [3.8, 4) is 5.69 Å². The lowest BCUT2D eigenvalue weighted by atomic mass is 10.1. The highest BCUT2D eigenvalue weighted by Crippen LogP contribution is 2.24. The number of nitrogens with one attached hydrogen (secondary N) is 1. The minimum Gasteiger partial charge on any atom is -0.311 e. The molecule has 0 amide bonds. The Morgan fingerprint density at radius 3 is 2.95 bits per heavy atom. The van der Waals surface area contributed by atoms with E-state index in [4.69, 9.17) is 0 Å². The summed E-state index contributed by atoms with van der Waals surface area (Å²) in [6.07, 6.45) is 1.52. The number of nitrogens with zero attached hydrogens (tertiary/aromatic N) is 2. The van der Waals surface area contributed by atoms with E-state index in [2.05, 4.69) is 10.3 Å². The quantitative estimate of drug-likeness (QED) is 0.901. The molecule has 0 bridgehead atoms. The number of hydrogen-bond donors (Lipinski definition) is 1. The Morgan fingerprint density at radius 1 is 1.37 bits per heavy atom. The molecule has 1 N–H and O–H groups in total. The number of benzene rings is 1. The topological polar surface area (TPSA) is 29.9 Å². The molecular formula is C14H15F2N3. The first-order valence-corrected chi connectivity index (χ1v) is 6.46. The largest absolute Gasteiger partial charge is 0.311 e. The summed E-state index contributed by atoms with van der Waals surface area (Å²) in [7, 11) is 0. The van der Waals surface area contributed by atoms with E-state index in [1.807, 2.05) is 11.5 Å². The van der Waals surface area contributed by atoms with Crippen LogP contribution in [0.4, 0.5) is 8.78 Å². The molecule has 1 aromatic heterocycles. The first-order valence-electron chi connectivity index (χ1n) is 6.46. The van der Waals surface area contributed by atoms with Crippen molar-refractivity contribution in [2.45, 2.75) is 26.3 Å². The fraction of sp³-hybridized carbons (Fsp3) is 0.357. The van der Waals surface area contributed by atoms with Gasteiger partial charge in [0.15, 0.2) is 0 Å². The minimum atomic E-state index is -0.560. The second-order valence-corrected chi connectivity index (χ2v) is 4.63. The predicted octanol–water partition coefficient (Wildman–Crippen LogP) is 2.36. The highest BCUT2D eigenvalue weighted by atomic mass is 19.1. The molecule has 0 saturated heterocycles. The van der Waals surface area contributed by atoms with Crippen molar-refractivity contribution < 1.29 is 8.78 Å². The van der Waals surface area contributed by atoms with E-state index in [0.717, 1.165) is 36.2 Å². The molecule has 0 fully saturated rings. The number of rotatable bonds is 2. The van der Waals surface area contributed by atoms with Gasteiger partial charge in [-0.2, -0.15) is 0 Å². The molecule has 3 rings (SSSR count). The Bertz CT molecular complexity index is 619. The highest BCUT2D eigenvalue weighted by molar-refractivity contribution is 5.40. The lowest BCUT2D eigenvalue weighted by Gasteiger charge is -2.16. The van der Waals surface area contributed by atoms with Gasteiger partial charge in [-0.3, -0.25) is 4.57 Å². The summed E-state index contributed by atoms with van der Waals surface area (Å²) in [6, 6.07) is 3.68. The van der Waals surface area contributed by atoms with Crippen molar-refractivity contribution in [3.63, 3.8) is 0 Å². The molecular weight excluding hydrogens is 248 g/mol. The van der Waals surface area contributed by atoms with Gasteiger partial charge in [0.2, 0.25) is 0 Å². The molecule has 0 aliphatic carbocycles. The number of hydrogen-bond acceptors (Lipinski definition) is 2. The van der Waals surface area contributed by atoms with Gasteiger partial charge in [-0.1, -0.05) is 6.92 Å². The van der Waals surface area contributed by atoms with Crippen LogP contribution in [0.15, 0.2) is 18.2 Å². The number of fused-ring (bicyclic) bond motifs is 1. The third kappa shape index (κ3) is 2.04. The molecule has 2 heterocycles. The second kappa shape index (κ2) is 4.74. The number of aryl methyl sites for hydroxylation is 1. The van der Waals surface area contributed by atoms with E-state index in [1.165, 1.54) is 12.1 Å². The molecule has 100 valence electrons. The van der Waals surface area contributed by atoms with E-state index in [1.54, 1.807) is 0 Å². The molecule has 0 saturated carbocycles. The Labute approximate surface area is 110 Å². The van der Waals surface area contributed by atoms with Gasteiger partial charge in [-0.15, -0.1) is 0 Å². The molecule has 3 nitrogen and oxygen atoms in total. The predicted molar refractivity (Wildman–Crippen MR) is 68.3 cm³/mol. The van der Waals surface area contributed by atoms with E-state index >= 15 is 0 Å². The lowest BCUT2D eigenvalue weighted by molar-refractivity contribution is 0.571. The maximum atomic E-state index is 14.0. The summed E-state index contributed by atoms with van der Waals surface area (Å²) in [5.41, 5.74) is 2.38. The van der Waals surface area contributed by atoms with Crippen LogP contribution in [-0.2, 0) is 19.4 Å². The summed E-state index contributed by atoms with van der Waals surface area (Å²) < 4.78 is 28.9. The zero-order valence-electron chi connectivity index (χ0n) is 10.7. The van der Waals surface area contributed by atoms with Crippen LogP contribution in [0.5, 0.6) is 0 Å². The second-order valence-electron chi connectivity index (χ2n) is 4.63. The fourth-order valence-electron chi connectivity index (χ4n) is 2.55. The van der Waals surface area contributed by atoms with Gasteiger partial charge >= 0.3 is 0 Å². The SMILES string of the molecule is CCc1nc2c(n1-c1ccc(F)cc1F)CCNC2. The van der Waals surface area contributed by atoms with Crippen LogP contribution >= 0.6 is 0 Å². The lowest BCUT2D eigenvalue weighted by Crippen LogP contribution is -2.25. The fourth-order valence-corrected chi connectivity index (χ4v) is 2.55. The van der Waals surface area contributed by atoms with E-state index in [-0.39, 0.29) is 0 Å². The maximum absolute atomic E-state index is 14.0. The third-order valence-corrected chi connectivity index (χ3v) is 3.42. The van der Waals surface area contributed by atoms with Crippen LogP contribution < -0.4 is 5.32 Å². The van der Waals surface area contributed by atoms with Crippen LogP contribution in [0.2, 0.25) is 0 Å². The number of imidazole rings is 1. The molecule has 0 radical (unpaired) electrons. The van der Waals surface area contributed by atoms with Gasteiger partial charge in [0.25, 0.3) is 0 Å². The van der Waals surface area contributed by atoms with Crippen molar-refractivity contribution in [1.29, 1.82) is 0 Å². The van der Waals surface area contributed by atoms with Crippen molar-refractivity contribution >= 4 is 0 Å². The van der Waals surface area contributed by atoms with Gasteiger partial charge in [0.1, 0.15) is 17.5 Å². The van der Waals surface area contributed by atoms with E-state index in [0.29, 0.717) is 18.7 Å². The molecule has 1 aromatic carbocycles. The van der Waals surface area contributed by atoms with Gasteiger partial charge in [0, 0.05) is 37.7 Å². The molecule has 0 spiro atoms. The van der Waals surface area contributed by atoms with Crippen molar-refractivity contribution in [2.24, 2.45) is 0 Å². The standard InChI is InChI=1S/C14H15F2N3/c1-2-14-18-11-8-17-6-5-13(11)19(14)12-4-3-9(15)7-10(12)16/h3-4,7,17H,2,5-6,8H2,1H3. The van der Waals surface area contributed by atoms with E-state index in [9.17, 15) is 8.78 Å². The molecule has 5 heteroatoms. The summed E-state index contributed by atoms with van der Waals surface area (Å²) in [6.45, 7) is 3.54. The number of halogens is 2. The zero-order chi connectivity index (χ0) is 13.4. The van der Waals surface area contributed by atoms with Crippen molar-refractivity contribution in [3.05, 3.63) is 47.0 Å². The molecule has 0 unspecified atom stereocenters. The van der Waals surface area contributed by atoms with Gasteiger partial charge in [0.05, 0.1) is 11.4 Å². The Hall–Kier alpha value is -1.75. The maximum Gasteiger partial charge on any atom is 0.150 e.